The molecule has 1 aromatic heterocycles. The van der Waals surface area contributed by atoms with Crippen molar-refractivity contribution in [3.63, 3.8) is 0 Å². The summed E-state index contributed by atoms with van der Waals surface area (Å²) in [7, 11) is -1.99. The maximum Gasteiger partial charge on any atom is 0.280 e. The summed E-state index contributed by atoms with van der Waals surface area (Å²) in [5.74, 6) is 0.475. The van der Waals surface area contributed by atoms with Gasteiger partial charge in [0, 0.05) is 0 Å². The van der Waals surface area contributed by atoms with Gasteiger partial charge in [0.05, 0.1) is 11.0 Å². The number of allylic oxidation sites excluding steroid dienone is 9. The molecule has 0 amide bonds. The van der Waals surface area contributed by atoms with E-state index >= 15 is 0 Å². The van der Waals surface area contributed by atoms with E-state index in [1.54, 1.807) is 6.08 Å². The molecule has 158 valence electrons. The molecule has 1 aromatic rings. The molecule has 0 radical (unpaired) electrons. The molecule has 0 aliphatic heterocycles. The number of sulfonamides is 1. The van der Waals surface area contributed by atoms with Gasteiger partial charge in [-0.15, -0.1) is 0 Å². The summed E-state index contributed by atoms with van der Waals surface area (Å²) in [5, 5.41) is 2.25. The Morgan fingerprint density at radius 3 is 2.59 bits per heavy atom. The molecule has 6 nitrogen and oxygen atoms in total. The van der Waals surface area contributed by atoms with Crippen molar-refractivity contribution >= 4 is 16.1 Å². The zero-order chi connectivity index (χ0) is 21.7. The molecule has 1 heterocycles. The van der Waals surface area contributed by atoms with Crippen LogP contribution in [0, 0.1) is 5.41 Å². The Kier molecular flexibility index (Phi) is 7.43. The third kappa shape index (κ3) is 6.30. The smallest absolute Gasteiger partial charge is 0.280 e. The molecule has 0 bridgehead atoms. The Labute approximate surface area is 172 Å². The first-order valence-corrected chi connectivity index (χ1v) is 11.1. The number of aromatic nitrogens is 1. The lowest BCUT2D eigenvalue weighted by molar-refractivity contribution is 0.381. The molecule has 0 saturated carbocycles. The van der Waals surface area contributed by atoms with E-state index in [2.05, 4.69) is 23.7 Å². The van der Waals surface area contributed by atoms with Gasteiger partial charge in [-0.3, -0.25) is 4.79 Å². The second-order valence-electron chi connectivity index (χ2n) is 7.89. The van der Waals surface area contributed by atoms with Crippen LogP contribution in [0.15, 0.2) is 67.4 Å². The van der Waals surface area contributed by atoms with Crippen molar-refractivity contribution in [1.82, 2.24) is 9.88 Å². The van der Waals surface area contributed by atoms with Crippen LogP contribution in [-0.2, 0) is 10.0 Å². The van der Waals surface area contributed by atoms with Gasteiger partial charge in [-0.2, -0.15) is 5.16 Å². The number of rotatable bonds is 7. The predicted molar refractivity (Wildman–Crippen MR) is 118 cm³/mol. The fourth-order valence-electron chi connectivity index (χ4n) is 3.32. The van der Waals surface area contributed by atoms with Crippen molar-refractivity contribution in [2.75, 3.05) is 7.05 Å². The van der Waals surface area contributed by atoms with E-state index in [9.17, 15) is 13.2 Å². The van der Waals surface area contributed by atoms with Gasteiger partial charge in [-0.05, 0) is 62.8 Å². The summed E-state index contributed by atoms with van der Waals surface area (Å²) in [6.45, 7) is 8.05. The lowest BCUT2D eigenvalue weighted by Crippen LogP contribution is -2.28. The minimum absolute atomic E-state index is 0.191. The predicted octanol–water partition coefficient (Wildman–Crippen LogP) is 4.44. The average molecular weight is 419 g/mol. The summed E-state index contributed by atoms with van der Waals surface area (Å²) in [6.07, 6.45) is 13.8. The Hall–Kier alpha value is -2.38. The lowest BCUT2D eigenvalue weighted by Gasteiger charge is -2.33. The first-order valence-electron chi connectivity index (χ1n) is 9.62. The van der Waals surface area contributed by atoms with Crippen LogP contribution in [-0.4, -0.2) is 20.6 Å². The van der Waals surface area contributed by atoms with E-state index in [4.69, 9.17) is 4.52 Å². The molecule has 0 fully saturated rings. The highest BCUT2D eigenvalue weighted by Crippen LogP contribution is 2.42. The first kappa shape index (κ1) is 22.9. The van der Waals surface area contributed by atoms with Crippen molar-refractivity contribution in [2.45, 2.75) is 47.0 Å². The molecule has 0 unspecified atom stereocenters. The Balaban J connectivity index is 2.21. The highest BCUT2D eigenvalue weighted by molar-refractivity contribution is 7.93. The molecule has 0 atom stereocenters. The zero-order valence-electron chi connectivity index (χ0n) is 17.7. The van der Waals surface area contributed by atoms with Crippen LogP contribution in [0.5, 0.6) is 0 Å². The second kappa shape index (κ2) is 9.41. The summed E-state index contributed by atoms with van der Waals surface area (Å²) < 4.78 is 32.3. The van der Waals surface area contributed by atoms with E-state index in [-0.39, 0.29) is 11.0 Å². The van der Waals surface area contributed by atoms with Crippen molar-refractivity contribution in [1.29, 1.82) is 0 Å². The van der Waals surface area contributed by atoms with Crippen LogP contribution in [0.3, 0.4) is 0 Å². The molecular weight excluding hydrogens is 388 g/mol. The SMILES string of the molecule is CNS(=O)(=O)C1=C(/C=C/C(C)=C/C=C/C(C)=C/c2cc(=O)[nH]o2)C(C)(C)CCC1. The monoisotopic (exact) mass is 418 g/mol. The van der Waals surface area contributed by atoms with Crippen molar-refractivity contribution < 1.29 is 12.9 Å². The van der Waals surface area contributed by atoms with Crippen molar-refractivity contribution in [2.24, 2.45) is 5.41 Å². The summed E-state index contributed by atoms with van der Waals surface area (Å²) in [5.41, 5.74) is 2.34. The molecule has 2 N–H and O–H groups in total. The van der Waals surface area contributed by atoms with Gasteiger partial charge in [-0.1, -0.05) is 49.8 Å². The zero-order valence-corrected chi connectivity index (χ0v) is 18.5. The average Bonchev–Trinajstić information content (AvgIpc) is 3.04. The van der Waals surface area contributed by atoms with E-state index in [0.717, 1.165) is 29.6 Å². The van der Waals surface area contributed by atoms with E-state index in [1.807, 2.05) is 44.2 Å². The molecule has 0 saturated heterocycles. The fourth-order valence-corrected chi connectivity index (χ4v) is 4.61. The normalized spacial score (nSPS) is 18.9. The molecule has 1 aliphatic carbocycles. The Bertz CT molecular complexity index is 1040. The number of nitrogens with one attached hydrogen (secondary N) is 2. The van der Waals surface area contributed by atoms with Gasteiger partial charge in [0.1, 0.15) is 0 Å². The molecular formula is C22H30N2O4S. The van der Waals surface area contributed by atoms with Crippen LogP contribution < -0.4 is 10.3 Å². The van der Waals surface area contributed by atoms with Crippen molar-refractivity contribution in [3.05, 3.63) is 74.2 Å². The highest BCUT2D eigenvalue weighted by Gasteiger charge is 2.33. The summed E-state index contributed by atoms with van der Waals surface area (Å²) in [4.78, 5) is 11.6. The molecule has 29 heavy (non-hydrogen) atoms. The number of aromatic amines is 1. The summed E-state index contributed by atoms with van der Waals surface area (Å²) in [6, 6.07) is 1.39. The van der Waals surface area contributed by atoms with Crippen LogP contribution >= 0.6 is 0 Å². The van der Waals surface area contributed by atoms with E-state index in [0.29, 0.717) is 17.1 Å². The van der Waals surface area contributed by atoms with E-state index < -0.39 is 10.0 Å². The molecule has 1 aliphatic rings. The third-order valence-corrected chi connectivity index (χ3v) is 6.58. The topological polar surface area (TPSA) is 92.2 Å². The molecule has 7 heteroatoms. The van der Waals surface area contributed by atoms with Crippen LogP contribution in [0.4, 0.5) is 0 Å². The second-order valence-corrected chi connectivity index (χ2v) is 9.80. The molecule has 0 spiro atoms. The number of H-pyrrole nitrogens is 1. The van der Waals surface area contributed by atoms with Crippen LogP contribution in [0.1, 0.15) is 52.7 Å². The third-order valence-electron chi connectivity index (χ3n) is 4.97. The van der Waals surface area contributed by atoms with Gasteiger partial charge in [-0.25, -0.2) is 13.1 Å². The van der Waals surface area contributed by atoms with Gasteiger partial charge in [0.25, 0.3) is 5.56 Å². The quantitative estimate of drug-likeness (QED) is 0.640. The standard InChI is InChI=1S/C22H30N2O4S/c1-16(8-6-9-17(2)14-18-15-21(25)24-28-18)11-12-19-20(29(26,27)23-5)10-7-13-22(19,3)4/h6,8-9,11-12,14-15,23H,7,10,13H2,1-5H3,(H,24,25)/b9-6+,12-11+,16-8+,17-14+. The van der Waals surface area contributed by atoms with Crippen LogP contribution in [0.25, 0.3) is 6.08 Å². The summed E-state index contributed by atoms with van der Waals surface area (Å²) >= 11 is 0. The van der Waals surface area contributed by atoms with Crippen LogP contribution in [0.2, 0.25) is 0 Å². The maximum absolute atomic E-state index is 12.4. The largest absolute Gasteiger partial charge is 0.379 e. The number of hydrogen-bond acceptors (Lipinski definition) is 4. The van der Waals surface area contributed by atoms with Crippen molar-refractivity contribution in [3.8, 4) is 0 Å². The van der Waals surface area contributed by atoms with Gasteiger partial charge >= 0.3 is 0 Å². The lowest BCUT2D eigenvalue weighted by atomic mass is 9.75. The Morgan fingerprint density at radius 2 is 1.97 bits per heavy atom. The van der Waals surface area contributed by atoms with E-state index in [1.165, 1.54) is 13.1 Å². The fraction of sp³-hybridized carbons (Fsp3) is 0.409. The molecule has 2 rings (SSSR count). The minimum atomic E-state index is -3.44. The molecule has 0 aromatic carbocycles. The first-order chi connectivity index (χ1) is 13.5. The minimum Gasteiger partial charge on any atom is -0.379 e. The van der Waals surface area contributed by atoms with Gasteiger partial charge in [0.15, 0.2) is 5.76 Å². The van der Waals surface area contributed by atoms with Gasteiger partial charge in [0.2, 0.25) is 10.0 Å². The van der Waals surface area contributed by atoms with Gasteiger partial charge < -0.3 is 4.52 Å². The number of hydrogen-bond donors (Lipinski definition) is 2. The highest BCUT2D eigenvalue weighted by atomic mass is 32.2. The maximum atomic E-state index is 12.4. The Morgan fingerprint density at radius 1 is 1.24 bits per heavy atom.